The van der Waals surface area contributed by atoms with E-state index >= 15 is 0 Å². The molecule has 0 bridgehead atoms. The van der Waals surface area contributed by atoms with E-state index in [9.17, 15) is 9.59 Å². The number of fused-ring (bicyclic) bond motifs is 2. The first kappa shape index (κ1) is 13.0. The third kappa shape index (κ3) is 1.68. The summed E-state index contributed by atoms with van der Waals surface area (Å²) < 4.78 is 0. The van der Waals surface area contributed by atoms with Gasteiger partial charge in [-0.25, -0.2) is 9.88 Å². The largest absolute Gasteiger partial charge is 0.268 e. The Morgan fingerprint density at radius 2 is 1.50 bits per heavy atom. The Labute approximate surface area is 131 Å². The van der Waals surface area contributed by atoms with Crippen LogP contribution in [0.2, 0.25) is 5.15 Å². The predicted molar refractivity (Wildman–Crippen MR) is 84.3 cm³/mol. The molecule has 5 heteroatoms. The highest BCUT2D eigenvalue weighted by Gasteiger charge is 2.36. The summed E-state index contributed by atoms with van der Waals surface area (Å²) in [5.41, 5.74) is 1.36. The summed E-state index contributed by atoms with van der Waals surface area (Å²) in [4.78, 5) is 30.4. The summed E-state index contributed by atoms with van der Waals surface area (Å²) in [6, 6.07) is 13.9. The van der Waals surface area contributed by atoms with Gasteiger partial charge in [-0.15, -0.1) is 0 Å². The fraction of sp³-hybridized carbons (Fsp3) is 0. The quantitative estimate of drug-likeness (QED) is 0.509. The van der Waals surface area contributed by atoms with E-state index in [0.29, 0.717) is 27.4 Å². The van der Waals surface area contributed by atoms with Crippen molar-refractivity contribution in [3.05, 3.63) is 71.0 Å². The molecule has 0 atom stereocenters. The van der Waals surface area contributed by atoms with E-state index in [0.717, 1.165) is 5.39 Å². The maximum absolute atomic E-state index is 12.6. The molecule has 2 aromatic carbocycles. The van der Waals surface area contributed by atoms with E-state index in [1.54, 1.807) is 48.7 Å². The van der Waals surface area contributed by atoms with Crippen LogP contribution in [-0.4, -0.2) is 16.8 Å². The molecule has 3 aromatic rings. The lowest BCUT2D eigenvalue weighted by atomic mass is 10.1. The number of nitrogens with zero attached hydrogens (tertiary/aromatic N) is 2. The van der Waals surface area contributed by atoms with Crippen LogP contribution in [0.3, 0.4) is 0 Å². The molecular formula is C17H9ClN2O2. The standard InChI is InChI=1S/C17H9ClN2O2/c18-15-11-6-3-7-14(10(11)8-9-19-15)20-16(21)12-4-1-2-5-13(12)17(20)22/h1-9H. The summed E-state index contributed by atoms with van der Waals surface area (Å²) in [6.07, 6.45) is 1.56. The molecule has 2 heterocycles. The third-order valence-corrected chi connectivity index (χ3v) is 4.07. The number of imide groups is 1. The molecule has 22 heavy (non-hydrogen) atoms. The molecule has 4 rings (SSSR count). The Morgan fingerprint density at radius 3 is 2.18 bits per heavy atom. The number of hydrogen-bond donors (Lipinski definition) is 0. The average Bonchev–Trinajstić information content (AvgIpc) is 2.80. The number of carbonyl (C=O) groups excluding carboxylic acids is 2. The van der Waals surface area contributed by atoms with Crippen LogP contribution in [0.25, 0.3) is 10.8 Å². The lowest BCUT2D eigenvalue weighted by molar-refractivity contribution is 0.0926. The number of benzene rings is 2. The average molecular weight is 309 g/mol. The summed E-state index contributed by atoms with van der Waals surface area (Å²) in [5.74, 6) is -0.637. The number of amides is 2. The van der Waals surface area contributed by atoms with E-state index in [1.165, 1.54) is 4.90 Å². The fourth-order valence-corrected chi connectivity index (χ4v) is 2.98. The first-order chi connectivity index (χ1) is 10.7. The molecule has 2 amide bonds. The number of carbonyl (C=O) groups is 2. The van der Waals surface area contributed by atoms with Crippen LogP contribution in [-0.2, 0) is 0 Å². The van der Waals surface area contributed by atoms with Crippen molar-refractivity contribution < 1.29 is 9.59 Å². The van der Waals surface area contributed by atoms with Crippen molar-refractivity contribution in [1.29, 1.82) is 0 Å². The Hall–Kier alpha value is -2.72. The van der Waals surface area contributed by atoms with Gasteiger partial charge in [0.1, 0.15) is 5.15 Å². The Bertz CT molecular complexity index is 917. The van der Waals surface area contributed by atoms with Gasteiger partial charge in [-0.2, -0.15) is 0 Å². The van der Waals surface area contributed by atoms with Crippen LogP contribution < -0.4 is 4.90 Å². The van der Waals surface area contributed by atoms with Gasteiger partial charge < -0.3 is 0 Å². The molecule has 4 nitrogen and oxygen atoms in total. The first-order valence-electron chi connectivity index (χ1n) is 6.69. The van der Waals surface area contributed by atoms with Crippen molar-refractivity contribution in [2.45, 2.75) is 0 Å². The fourth-order valence-electron chi connectivity index (χ4n) is 2.76. The zero-order valence-corrected chi connectivity index (χ0v) is 12.0. The molecule has 1 aromatic heterocycles. The van der Waals surface area contributed by atoms with Gasteiger partial charge in [0.2, 0.25) is 0 Å². The summed E-state index contributed by atoms with van der Waals surface area (Å²) in [5, 5.41) is 1.77. The maximum Gasteiger partial charge on any atom is 0.266 e. The van der Waals surface area contributed by atoms with Crippen molar-refractivity contribution in [1.82, 2.24) is 4.98 Å². The van der Waals surface area contributed by atoms with Crippen LogP contribution in [0.5, 0.6) is 0 Å². The van der Waals surface area contributed by atoms with E-state index in [-0.39, 0.29) is 11.8 Å². The molecule has 0 radical (unpaired) electrons. The number of hydrogen-bond acceptors (Lipinski definition) is 3. The number of rotatable bonds is 1. The monoisotopic (exact) mass is 308 g/mol. The topological polar surface area (TPSA) is 50.3 Å². The van der Waals surface area contributed by atoms with Gasteiger partial charge >= 0.3 is 0 Å². The van der Waals surface area contributed by atoms with E-state index in [4.69, 9.17) is 11.6 Å². The van der Waals surface area contributed by atoms with Crippen LogP contribution in [0.15, 0.2) is 54.7 Å². The van der Waals surface area contributed by atoms with Crippen molar-refractivity contribution in [3.63, 3.8) is 0 Å². The Balaban J connectivity index is 1.97. The molecule has 0 N–H and O–H groups in total. The van der Waals surface area contributed by atoms with Crippen LogP contribution in [0.4, 0.5) is 5.69 Å². The lowest BCUT2D eigenvalue weighted by Gasteiger charge is -2.16. The summed E-state index contributed by atoms with van der Waals surface area (Å²) in [7, 11) is 0. The second kappa shape index (κ2) is 4.64. The highest BCUT2D eigenvalue weighted by Crippen LogP contribution is 2.34. The molecule has 0 fully saturated rings. The van der Waals surface area contributed by atoms with Crippen LogP contribution in [0, 0.1) is 0 Å². The van der Waals surface area contributed by atoms with Gasteiger partial charge in [-0.3, -0.25) is 9.59 Å². The molecule has 0 saturated carbocycles. The Kier molecular flexibility index (Phi) is 2.74. The van der Waals surface area contributed by atoms with Gasteiger partial charge in [0, 0.05) is 17.0 Å². The second-order valence-corrected chi connectivity index (χ2v) is 5.32. The van der Waals surface area contributed by atoms with Crippen molar-refractivity contribution >= 4 is 39.9 Å². The maximum atomic E-state index is 12.6. The van der Waals surface area contributed by atoms with Gasteiger partial charge in [-0.05, 0) is 24.3 Å². The Morgan fingerprint density at radius 1 is 0.818 bits per heavy atom. The number of pyridine rings is 1. The van der Waals surface area contributed by atoms with Gasteiger partial charge in [0.25, 0.3) is 11.8 Å². The number of anilines is 1. The van der Waals surface area contributed by atoms with Crippen molar-refractivity contribution in [2.75, 3.05) is 4.90 Å². The van der Waals surface area contributed by atoms with Gasteiger partial charge in [0.15, 0.2) is 0 Å². The van der Waals surface area contributed by atoms with E-state index in [1.807, 2.05) is 6.07 Å². The molecule has 106 valence electrons. The van der Waals surface area contributed by atoms with Crippen molar-refractivity contribution in [3.8, 4) is 0 Å². The minimum atomic E-state index is -0.318. The summed E-state index contributed by atoms with van der Waals surface area (Å²) >= 11 is 6.10. The molecule has 1 aliphatic heterocycles. The molecular weight excluding hydrogens is 300 g/mol. The first-order valence-corrected chi connectivity index (χ1v) is 7.07. The normalized spacial score (nSPS) is 13.8. The van der Waals surface area contributed by atoms with Crippen LogP contribution >= 0.6 is 11.6 Å². The minimum absolute atomic E-state index is 0.318. The molecule has 0 unspecified atom stereocenters. The number of halogens is 1. The van der Waals surface area contributed by atoms with Crippen molar-refractivity contribution in [2.24, 2.45) is 0 Å². The number of aromatic nitrogens is 1. The lowest BCUT2D eigenvalue weighted by Crippen LogP contribution is -2.29. The zero-order valence-electron chi connectivity index (χ0n) is 11.3. The smallest absolute Gasteiger partial charge is 0.266 e. The molecule has 0 saturated heterocycles. The molecule has 0 spiro atoms. The van der Waals surface area contributed by atoms with E-state index < -0.39 is 0 Å². The predicted octanol–water partition coefficient (Wildman–Crippen LogP) is 3.69. The molecule has 0 aliphatic carbocycles. The second-order valence-electron chi connectivity index (χ2n) is 4.97. The van der Waals surface area contributed by atoms with E-state index in [2.05, 4.69) is 4.98 Å². The van der Waals surface area contributed by atoms with Crippen LogP contribution in [0.1, 0.15) is 20.7 Å². The zero-order chi connectivity index (χ0) is 15.3. The van der Waals surface area contributed by atoms with Gasteiger partial charge in [-0.1, -0.05) is 35.9 Å². The minimum Gasteiger partial charge on any atom is -0.268 e. The third-order valence-electron chi connectivity index (χ3n) is 3.77. The SMILES string of the molecule is O=C1c2ccccc2C(=O)N1c1cccc2c(Cl)nccc12. The highest BCUT2D eigenvalue weighted by atomic mass is 35.5. The highest BCUT2D eigenvalue weighted by molar-refractivity contribution is 6.38. The molecule has 1 aliphatic rings. The summed E-state index contributed by atoms with van der Waals surface area (Å²) in [6.45, 7) is 0. The van der Waals surface area contributed by atoms with Gasteiger partial charge in [0.05, 0.1) is 16.8 Å².